The minimum absolute atomic E-state index is 0.488. The van der Waals surface area contributed by atoms with Gasteiger partial charge in [0.05, 0.1) is 5.60 Å². The zero-order valence-corrected chi connectivity index (χ0v) is 9.82. The quantitative estimate of drug-likeness (QED) is 0.820. The van der Waals surface area contributed by atoms with Crippen molar-refractivity contribution in [1.82, 2.24) is 4.90 Å². The number of hydrogen-bond donors (Lipinski definition) is 1. The molecule has 1 atom stereocenters. The highest BCUT2D eigenvalue weighted by molar-refractivity contribution is 5.38. The number of likely N-dealkylation sites (N-methyl/N-ethyl adjacent to an activating group) is 1. The highest BCUT2D eigenvalue weighted by atomic mass is 16.3. The Labute approximate surface area is 96.9 Å². The summed E-state index contributed by atoms with van der Waals surface area (Å²) in [6.07, 6.45) is 3.10. The average Bonchev–Trinajstić information content (AvgIpc) is 2.89. The van der Waals surface area contributed by atoms with E-state index in [-0.39, 0.29) is 0 Å². The predicted octanol–water partition coefficient (Wildman–Crippen LogP) is 2.09. The minimum Gasteiger partial charge on any atom is -0.385 e. The van der Waals surface area contributed by atoms with Crippen LogP contribution in [0.15, 0.2) is 24.3 Å². The van der Waals surface area contributed by atoms with Gasteiger partial charge in [0.25, 0.3) is 0 Å². The van der Waals surface area contributed by atoms with Crippen LogP contribution in [0, 0.1) is 0 Å². The Hall–Kier alpha value is -0.860. The summed E-state index contributed by atoms with van der Waals surface area (Å²) >= 11 is 0. The Morgan fingerprint density at radius 3 is 2.69 bits per heavy atom. The van der Waals surface area contributed by atoms with E-state index in [1.807, 2.05) is 6.07 Å². The summed E-state index contributed by atoms with van der Waals surface area (Å²) in [5, 5.41) is 10.3. The van der Waals surface area contributed by atoms with E-state index in [0.717, 1.165) is 19.4 Å². The first-order chi connectivity index (χ1) is 7.69. The first-order valence-corrected chi connectivity index (χ1v) is 6.19. The fourth-order valence-electron chi connectivity index (χ4n) is 2.85. The number of hydrogen-bond acceptors (Lipinski definition) is 2. The minimum atomic E-state index is -0.488. The van der Waals surface area contributed by atoms with Crippen LogP contribution in [0.25, 0.3) is 0 Å². The van der Waals surface area contributed by atoms with E-state index in [2.05, 4.69) is 30.1 Å². The third-order valence-corrected chi connectivity index (χ3v) is 4.02. The van der Waals surface area contributed by atoms with Crippen LogP contribution in [0.1, 0.15) is 36.3 Å². The Balaban J connectivity index is 1.94. The second-order valence-corrected chi connectivity index (χ2v) is 5.37. The van der Waals surface area contributed by atoms with Crippen molar-refractivity contribution in [2.45, 2.75) is 30.8 Å². The monoisotopic (exact) mass is 217 g/mol. The van der Waals surface area contributed by atoms with Gasteiger partial charge in [0.15, 0.2) is 0 Å². The molecule has 2 aliphatic rings. The van der Waals surface area contributed by atoms with E-state index in [1.165, 1.54) is 24.1 Å². The molecule has 1 saturated heterocycles. The smallest absolute Gasteiger partial charge is 0.0901 e. The van der Waals surface area contributed by atoms with Crippen molar-refractivity contribution < 1.29 is 5.11 Å². The van der Waals surface area contributed by atoms with Crippen LogP contribution >= 0.6 is 0 Å². The molecule has 86 valence electrons. The lowest BCUT2D eigenvalue weighted by Crippen LogP contribution is -2.15. The molecule has 2 nitrogen and oxygen atoms in total. The van der Waals surface area contributed by atoms with Gasteiger partial charge in [-0.3, -0.25) is 0 Å². The first-order valence-electron chi connectivity index (χ1n) is 6.19. The van der Waals surface area contributed by atoms with Gasteiger partial charge in [0.2, 0.25) is 0 Å². The standard InChI is InChI=1S/C14H19NO/c1-15-9-6-11(10-15)12-4-2-3-5-13(12)14(16)7-8-14/h2-5,11,16H,6-10H2,1H3. The Bertz CT molecular complexity index is 397. The molecule has 3 rings (SSSR count). The van der Waals surface area contributed by atoms with E-state index in [9.17, 15) is 5.11 Å². The van der Waals surface area contributed by atoms with E-state index in [4.69, 9.17) is 0 Å². The predicted molar refractivity (Wildman–Crippen MR) is 64.4 cm³/mol. The topological polar surface area (TPSA) is 23.5 Å². The summed E-state index contributed by atoms with van der Waals surface area (Å²) < 4.78 is 0. The number of aliphatic hydroxyl groups is 1. The molecule has 0 spiro atoms. The Kier molecular flexibility index (Phi) is 2.30. The van der Waals surface area contributed by atoms with Gasteiger partial charge in [-0.25, -0.2) is 0 Å². The molecule has 2 fully saturated rings. The Morgan fingerprint density at radius 2 is 2.06 bits per heavy atom. The summed E-state index contributed by atoms with van der Waals surface area (Å²) in [6.45, 7) is 2.31. The maximum Gasteiger partial charge on any atom is 0.0901 e. The zero-order chi connectivity index (χ0) is 11.2. The fourth-order valence-corrected chi connectivity index (χ4v) is 2.85. The van der Waals surface area contributed by atoms with Crippen LogP contribution in [-0.2, 0) is 5.60 Å². The van der Waals surface area contributed by atoms with Gasteiger partial charge in [0, 0.05) is 6.54 Å². The molecule has 1 N–H and O–H groups in total. The molecule has 1 heterocycles. The fraction of sp³-hybridized carbons (Fsp3) is 0.571. The third-order valence-electron chi connectivity index (χ3n) is 4.02. The maximum absolute atomic E-state index is 10.3. The van der Waals surface area contributed by atoms with Crippen LogP contribution in [0.3, 0.4) is 0 Å². The van der Waals surface area contributed by atoms with Crippen molar-refractivity contribution in [2.75, 3.05) is 20.1 Å². The van der Waals surface area contributed by atoms with Crippen LogP contribution in [0.4, 0.5) is 0 Å². The lowest BCUT2D eigenvalue weighted by molar-refractivity contribution is 0.150. The molecular weight excluding hydrogens is 198 g/mol. The lowest BCUT2D eigenvalue weighted by Gasteiger charge is -2.19. The lowest BCUT2D eigenvalue weighted by atomic mass is 9.90. The van der Waals surface area contributed by atoms with Crippen molar-refractivity contribution in [2.24, 2.45) is 0 Å². The molecule has 16 heavy (non-hydrogen) atoms. The SMILES string of the molecule is CN1CCC(c2ccccc2C2(O)CC2)C1. The van der Waals surface area contributed by atoms with Gasteiger partial charge >= 0.3 is 0 Å². The molecule has 1 aliphatic heterocycles. The van der Waals surface area contributed by atoms with Crippen LogP contribution in [0.5, 0.6) is 0 Å². The van der Waals surface area contributed by atoms with Gasteiger partial charge in [-0.15, -0.1) is 0 Å². The number of likely N-dealkylation sites (tertiary alicyclic amines) is 1. The molecule has 2 heteroatoms. The molecule has 0 radical (unpaired) electrons. The molecule has 1 aliphatic carbocycles. The summed E-state index contributed by atoms with van der Waals surface area (Å²) in [5.74, 6) is 0.617. The van der Waals surface area contributed by atoms with Crippen LogP contribution in [0.2, 0.25) is 0 Å². The van der Waals surface area contributed by atoms with Gasteiger partial charge in [0.1, 0.15) is 0 Å². The largest absolute Gasteiger partial charge is 0.385 e. The number of nitrogens with zero attached hydrogens (tertiary/aromatic N) is 1. The zero-order valence-electron chi connectivity index (χ0n) is 9.82. The van der Waals surface area contributed by atoms with Crippen molar-refractivity contribution >= 4 is 0 Å². The van der Waals surface area contributed by atoms with E-state index >= 15 is 0 Å². The van der Waals surface area contributed by atoms with Gasteiger partial charge < -0.3 is 10.0 Å². The Morgan fingerprint density at radius 1 is 1.31 bits per heavy atom. The number of benzene rings is 1. The molecule has 1 aromatic rings. The highest BCUT2D eigenvalue weighted by Crippen LogP contribution is 2.48. The molecule has 1 unspecified atom stereocenters. The molecule has 1 saturated carbocycles. The molecule has 0 aromatic heterocycles. The second-order valence-electron chi connectivity index (χ2n) is 5.37. The van der Waals surface area contributed by atoms with Gasteiger partial charge in [-0.1, -0.05) is 24.3 Å². The first kappa shape index (κ1) is 10.3. The summed E-state index contributed by atoms with van der Waals surface area (Å²) in [7, 11) is 2.18. The van der Waals surface area contributed by atoms with Crippen molar-refractivity contribution in [3.05, 3.63) is 35.4 Å². The number of rotatable bonds is 2. The summed E-state index contributed by atoms with van der Waals surface area (Å²) in [6, 6.07) is 8.47. The van der Waals surface area contributed by atoms with Crippen molar-refractivity contribution in [3.63, 3.8) is 0 Å². The highest BCUT2D eigenvalue weighted by Gasteiger charge is 2.44. The summed E-state index contributed by atoms with van der Waals surface area (Å²) in [5.41, 5.74) is 2.08. The molecule has 1 aromatic carbocycles. The van der Waals surface area contributed by atoms with Crippen LogP contribution in [-0.4, -0.2) is 30.1 Å². The van der Waals surface area contributed by atoms with E-state index in [0.29, 0.717) is 5.92 Å². The van der Waals surface area contributed by atoms with Crippen molar-refractivity contribution in [3.8, 4) is 0 Å². The molecule has 0 amide bonds. The third kappa shape index (κ3) is 1.66. The van der Waals surface area contributed by atoms with E-state index < -0.39 is 5.60 Å². The van der Waals surface area contributed by atoms with Crippen LogP contribution < -0.4 is 0 Å². The normalized spacial score (nSPS) is 28.2. The maximum atomic E-state index is 10.3. The average molecular weight is 217 g/mol. The summed E-state index contributed by atoms with van der Waals surface area (Å²) in [4.78, 5) is 2.37. The van der Waals surface area contributed by atoms with Gasteiger partial charge in [-0.05, 0) is 49.9 Å². The second kappa shape index (κ2) is 3.57. The molecular formula is C14H19NO. The molecule has 0 bridgehead atoms. The van der Waals surface area contributed by atoms with Gasteiger partial charge in [-0.2, -0.15) is 0 Å². The van der Waals surface area contributed by atoms with E-state index in [1.54, 1.807) is 0 Å². The van der Waals surface area contributed by atoms with Crippen molar-refractivity contribution in [1.29, 1.82) is 0 Å².